The molecule has 0 N–H and O–H groups in total. The van der Waals surface area contributed by atoms with Gasteiger partial charge in [-0.25, -0.2) is 0 Å². The molecule has 0 saturated carbocycles. The van der Waals surface area contributed by atoms with E-state index in [0.717, 1.165) is 38.9 Å². The Bertz CT molecular complexity index is 220. The largest absolute Gasteiger partial charge is 0.380 e. The van der Waals surface area contributed by atoms with Gasteiger partial charge in [0.25, 0.3) is 0 Å². The van der Waals surface area contributed by atoms with E-state index in [1.54, 1.807) is 0 Å². The van der Waals surface area contributed by atoms with Crippen LogP contribution < -0.4 is 0 Å². The molecule has 2 atom stereocenters. The first kappa shape index (κ1) is 11.0. The Hall–Kier alpha value is -0.450. The molecular weight excluding hydrogens is 194 g/mol. The third-order valence-electron chi connectivity index (χ3n) is 3.48. The Labute approximate surface area is 90.5 Å². The van der Waals surface area contributed by atoms with Crippen molar-refractivity contribution in [1.29, 1.82) is 0 Å². The van der Waals surface area contributed by atoms with Gasteiger partial charge in [-0.15, -0.1) is 0 Å². The molecule has 2 rings (SSSR count). The SMILES string of the molecule is CN(CC1(C=O)CCOC1)C1CCOC1. The van der Waals surface area contributed by atoms with Crippen molar-refractivity contribution >= 4 is 6.29 Å². The minimum absolute atomic E-state index is 0.267. The molecule has 15 heavy (non-hydrogen) atoms. The van der Waals surface area contributed by atoms with E-state index in [4.69, 9.17) is 9.47 Å². The Morgan fingerprint density at radius 3 is 2.87 bits per heavy atom. The molecule has 0 aromatic rings. The van der Waals surface area contributed by atoms with Crippen molar-refractivity contribution in [2.45, 2.75) is 18.9 Å². The number of carbonyl (C=O) groups is 1. The molecule has 86 valence electrons. The average Bonchev–Trinajstić information content (AvgIpc) is 2.88. The number of carbonyl (C=O) groups excluding carboxylic acids is 1. The van der Waals surface area contributed by atoms with E-state index < -0.39 is 0 Å². The molecule has 2 saturated heterocycles. The summed E-state index contributed by atoms with van der Waals surface area (Å²) in [7, 11) is 2.07. The molecule has 2 heterocycles. The van der Waals surface area contributed by atoms with Gasteiger partial charge < -0.3 is 14.3 Å². The first-order chi connectivity index (χ1) is 7.26. The molecule has 2 unspecified atom stereocenters. The van der Waals surface area contributed by atoms with Crippen molar-refractivity contribution in [3.63, 3.8) is 0 Å². The molecule has 0 spiro atoms. The molecule has 0 aliphatic carbocycles. The lowest BCUT2D eigenvalue weighted by Crippen LogP contribution is -2.42. The van der Waals surface area contributed by atoms with Gasteiger partial charge in [-0.2, -0.15) is 0 Å². The van der Waals surface area contributed by atoms with E-state index in [0.29, 0.717) is 19.3 Å². The second-order valence-corrected chi connectivity index (χ2v) is 4.72. The van der Waals surface area contributed by atoms with Crippen LogP contribution in [0, 0.1) is 5.41 Å². The number of nitrogens with zero attached hydrogens (tertiary/aromatic N) is 1. The summed E-state index contributed by atoms with van der Waals surface area (Å²) in [6.07, 6.45) is 3.01. The Morgan fingerprint density at radius 2 is 2.33 bits per heavy atom. The summed E-state index contributed by atoms with van der Waals surface area (Å²) < 4.78 is 10.7. The molecule has 0 aromatic heterocycles. The summed E-state index contributed by atoms with van der Waals surface area (Å²) in [6, 6.07) is 0.474. The maximum Gasteiger partial charge on any atom is 0.129 e. The third-order valence-corrected chi connectivity index (χ3v) is 3.48. The fraction of sp³-hybridized carbons (Fsp3) is 0.909. The van der Waals surface area contributed by atoms with Gasteiger partial charge in [0.1, 0.15) is 6.29 Å². The predicted molar refractivity (Wildman–Crippen MR) is 55.8 cm³/mol. The summed E-state index contributed by atoms with van der Waals surface area (Å²) in [5, 5.41) is 0. The van der Waals surface area contributed by atoms with Crippen LogP contribution >= 0.6 is 0 Å². The van der Waals surface area contributed by atoms with Crippen LogP contribution in [0.4, 0.5) is 0 Å². The van der Waals surface area contributed by atoms with Crippen molar-refractivity contribution < 1.29 is 14.3 Å². The molecule has 0 bridgehead atoms. The van der Waals surface area contributed by atoms with E-state index in [9.17, 15) is 4.79 Å². The number of ether oxygens (including phenoxy) is 2. The average molecular weight is 213 g/mol. The van der Waals surface area contributed by atoms with Crippen molar-refractivity contribution in [3.05, 3.63) is 0 Å². The highest BCUT2D eigenvalue weighted by Crippen LogP contribution is 2.28. The van der Waals surface area contributed by atoms with E-state index in [2.05, 4.69) is 11.9 Å². The van der Waals surface area contributed by atoms with Crippen LogP contribution in [0.1, 0.15) is 12.8 Å². The Balaban J connectivity index is 1.90. The van der Waals surface area contributed by atoms with Crippen molar-refractivity contribution in [2.24, 2.45) is 5.41 Å². The zero-order valence-electron chi connectivity index (χ0n) is 9.28. The first-order valence-corrected chi connectivity index (χ1v) is 5.58. The minimum Gasteiger partial charge on any atom is -0.380 e. The summed E-state index contributed by atoms with van der Waals surface area (Å²) in [6.45, 7) is 3.73. The second kappa shape index (κ2) is 4.60. The molecule has 2 fully saturated rings. The van der Waals surface area contributed by atoms with Crippen molar-refractivity contribution in [2.75, 3.05) is 40.0 Å². The molecule has 0 aromatic carbocycles. The Morgan fingerprint density at radius 1 is 1.47 bits per heavy atom. The first-order valence-electron chi connectivity index (χ1n) is 5.58. The molecular formula is C11H19NO3. The fourth-order valence-electron chi connectivity index (χ4n) is 2.37. The number of aldehydes is 1. The maximum absolute atomic E-state index is 11.1. The summed E-state index contributed by atoms with van der Waals surface area (Å²) in [5.74, 6) is 0. The zero-order chi connectivity index (χ0) is 10.7. The molecule has 0 amide bonds. The lowest BCUT2D eigenvalue weighted by molar-refractivity contribution is -0.117. The van der Waals surface area contributed by atoms with Crippen LogP contribution in [0.2, 0.25) is 0 Å². The van der Waals surface area contributed by atoms with E-state index in [-0.39, 0.29) is 5.41 Å². The summed E-state index contributed by atoms with van der Waals surface area (Å²) >= 11 is 0. The zero-order valence-corrected chi connectivity index (χ0v) is 9.28. The van der Waals surface area contributed by atoms with Crippen LogP contribution in [0.25, 0.3) is 0 Å². The minimum atomic E-state index is -0.267. The second-order valence-electron chi connectivity index (χ2n) is 4.72. The monoisotopic (exact) mass is 213 g/mol. The van der Waals surface area contributed by atoms with Gasteiger partial charge in [0.15, 0.2) is 0 Å². The normalized spacial score (nSPS) is 36.3. The van der Waals surface area contributed by atoms with E-state index in [1.165, 1.54) is 0 Å². The van der Waals surface area contributed by atoms with Crippen LogP contribution in [0.5, 0.6) is 0 Å². The van der Waals surface area contributed by atoms with Gasteiger partial charge in [-0.1, -0.05) is 0 Å². The highest BCUT2D eigenvalue weighted by atomic mass is 16.5. The van der Waals surface area contributed by atoms with Crippen LogP contribution in [0.15, 0.2) is 0 Å². The van der Waals surface area contributed by atoms with Gasteiger partial charge in [0, 0.05) is 25.8 Å². The van der Waals surface area contributed by atoms with Crippen molar-refractivity contribution in [1.82, 2.24) is 4.90 Å². The van der Waals surface area contributed by atoms with Crippen LogP contribution in [0.3, 0.4) is 0 Å². The predicted octanol–water partition coefficient (Wildman–Crippen LogP) is 0.313. The molecule has 4 heteroatoms. The third kappa shape index (κ3) is 2.38. The fourth-order valence-corrected chi connectivity index (χ4v) is 2.37. The lowest BCUT2D eigenvalue weighted by atomic mass is 9.88. The number of rotatable bonds is 4. The number of likely N-dealkylation sites (N-methyl/N-ethyl adjacent to an activating group) is 1. The molecule has 4 nitrogen and oxygen atoms in total. The van der Waals surface area contributed by atoms with Gasteiger partial charge in [-0.05, 0) is 19.9 Å². The standard InChI is InChI=1S/C11H19NO3/c1-12(10-2-4-14-6-10)7-11(8-13)3-5-15-9-11/h8,10H,2-7,9H2,1H3. The van der Waals surface area contributed by atoms with E-state index >= 15 is 0 Å². The van der Waals surface area contributed by atoms with Gasteiger partial charge in [0.2, 0.25) is 0 Å². The summed E-state index contributed by atoms with van der Waals surface area (Å²) in [5.41, 5.74) is -0.267. The van der Waals surface area contributed by atoms with Crippen LogP contribution in [-0.4, -0.2) is 57.2 Å². The molecule has 0 radical (unpaired) electrons. The number of hydrogen-bond acceptors (Lipinski definition) is 4. The lowest BCUT2D eigenvalue weighted by Gasteiger charge is -2.30. The topological polar surface area (TPSA) is 38.8 Å². The highest BCUT2D eigenvalue weighted by Gasteiger charge is 2.37. The maximum atomic E-state index is 11.1. The van der Waals surface area contributed by atoms with Crippen LogP contribution in [-0.2, 0) is 14.3 Å². The van der Waals surface area contributed by atoms with Gasteiger partial charge in [0.05, 0.1) is 18.6 Å². The van der Waals surface area contributed by atoms with Gasteiger partial charge in [-0.3, -0.25) is 4.90 Å². The Kier molecular flexibility index (Phi) is 3.38. The molecule has 2 aliphatic rings. The van der Waals surface area contributed by atoms with E-state index in [1.807, 2.05) is 0 Å². The van der Waals surface area contributed by atoms with Gasteiger partial charge >= 0.3 is 0 Å². The quantitative estimate of drug-likeness (QED) is 0.630. The smallest absolute Gasteiger partial charge is 0.129 e. The highest BCUT2D eigenvalue weighted by molar-refractivity contribution is 5.60. The number of hydrogen-bond donors (Lipinski definition) is 0. The van der Waals surface area contributed by atoms with Crippen molar-refractivity contribution in [3.8, 4) is 0 Å². The molecule has 2 aliphatic heterocycles. The summed E-state index contributed by atoms with van der Waals surface area (Å²) in [4.78, 5) is 13.4.